The van der Waals surface area contributed by atoms with Crippen molar-refractivity contribution in [1.29, 1.82) is 0 Å². The molecule has 0 spiro atoms. The Balaban J connectivity index is 1.76. The molecule has 0 atom stereocenters. The Kier molecular flexibility index (Phi) is 3.58. The van der Waals surface area contributed by atoms with E-state index in [9.17, 15) is 4.79 Å². The van der Waals surface area contributed by atoms with Gasteiger partial charge in [0.05, 0.1) is 5.56 Å². The molecule has 0 bridgehead atoms. The van der Waals surface area contributed by atoms with Gasteiger partial charge in [-0.05, 0) is 44.2 Å². The number of nitrogens with zero attached hydrogens (tertiary/aromatic N) is 1. The van der Waals surface area contributed by atoms with Gasteiger partial charge in [0, 0.05) is 22.8 Å². The summed E-state index contributed by atoms with van der Waals surface area (Å²) in [5, 5.41) is 5.78. The molecule has 21 heavy (non-hydrogen) atoms. The van der Waals surface area contributed by atoms with Crippen molar-refractivity contribution in [2.75, 3.05) is 5.32 Å². The second-order valence-electron chi connectivity index (χ2n) is 4.70. The fourth-order valence-electron chi connectivity index (χ4n) is 2.12. The minimum atomic E-state index is -0.161. The topological polar surface area (TPSA) is 55.1 Å². The molecule has 106 valence electrons. The third-order valence-electron chi connectivity index (χ3n) is 3.11. The lowest BCUT2D eigenvalue weighted by Crippen LogP contribution is -2.11. The van der Waals surface area contributed by atoms with E-state index in [4.69, 9.17) is 4.42 Å². The van der Waals surface area contributed by atoms with Crippen molar-refractivity contribution in [2.45, 2.75) is 13.8 Å². The van der Waals surface area contributed by atoms with E-state index in [-0.39, 0.29) is 5.91 Å². The van der Waals surface area contributed by atoms with E-state index in [0.29, 0.717) is 11.3 Å². The second-order valence-corrected chi connectivity index (χ2v) is 5.59. The van der Waals surface area contributed by atoms with Crippen LogP contribution in [0.1, 0.15) is 21.9 Å². The average molecular weight is 298 g/mol. The fourth-order valence-corrected chi connectivity index (χ4v) is 2.76. The maximum absolute atomic E-state index is 12.2. The summed E-state index contributed by atoms with van der Waals surface area (Å²) in [6.45, 7) is 3.61. The molecule has 3 aromatic rings. The van der Waals surface area contributed by atoms with Gasteiger partial charge in [0.15, 0.2) is 0 Å². The van der Waals surface area contributed by atoms with Gasteiger partial charge in [-0.1, -0.05) is 0 Å². The molecule has 0 aliphatic rings. The SMILES string of the molecule is Cc1cc(C(=O)Nc2ccc(-c3nccs3)cc2)c(C)o1. The summed E-state index contributed by atoms with van der Waals surface area (Å²) in [5.74, 6) is 1.20. The number of furan rings is 1. The van der Waals surface area contributed by atoms with Crippen LogP contribution in [-0.2, 0) is 0 Å². The van der Waals surface area contributed by atoms with E-state index in [1.807, 2.05) is 36.6 Å². The molecular formula is C16H14N2O2S. The molecule has 1 amide bonds. The van der Waals surface area contributed by atoms with Crippen LogP contribution in [0.5, 0.6) is 0 Å². The third kappa shape index (κ3) is 2.87. The molecule has 5 heteroatoms. The Labute approximate surface area is 126 Å². The lowest BCUT2D eigenvalue weighted by atomic mass is 10.2. The van der Waals surface area contributed by atoms with Crippen LogP contribution in [0.2, 0.25) is 0 Å². The molecule has 0 aliphatic carbocycles. The Morgan fingerprint density at radius 1 is 1.24 bits per heavy atom. The number of rotatable bonds is 3. The van der Waals surface area contributed by atoms with E-state index < -0.39 is 0 Å². The summed E-state index contributed by atoms with van der Waals surface area (Å²) in [5.41, 5.74) is 2.35. The van der Waals surface area contributed by atoms with Crippen LogP contribution in [0, 0.1) is 13.8 Å². The highest BCUT2D eigenvalue weighted by Crippen LogP contribution is 2.23. The summed E-state index contributed by atoms with van der Waals surface area (Å²) >= 11 is 1.59. The zero-order chi connectivity index (χ0) is 14.8. The van der Waals surface area contributed by atoms with E-state index >= 15 is 0 Å². The van der Waals surface area contributed by atoms with Gasteiger partial charge in [-0.15, -0.1) is 11.3 Å². The number of amides is 1. The Hall–Kier alpha value is -2.40. The molecular weight excluding hydrogens is 284 g/mol. The van der Waals surface area contributed by atoms with Crippen molar-refractivity contribution < 1.29 is 9.21 Å². The van der Waals surface area contributed by atoms with Gasteiger partial charge >= 0.3 is 0 Å². The summed E-state index contributed by atoms with van der Waals surface area (Å²) in [6, 6.07) is 9.38. The van der Waals surface area contributed by atoms with Crippen LogP contribution in [-0.4, -0.2) is 10.9 Å². The van der Waals surface area contributed by atoms with Crippen molar-refractivity contribution in [1.82, 2.24) is 4.98 Å². The predicted octanol–water partition coefficient (Wildman–Crippen LogP) is 4.27. The molecule has 0 saturated heterocycles. The molecule has 3 rings (SSSR count). The first kappa shape index (κ1) is 13.6. The molecule has 0 radical (unpaired) electrons. The van der Waals surface area contributed by atoms with Crippen molar-refractivity contribution in [3.63, 3.8) is 0 Å². The largest absolute Gasteiger partial charge is 0.466 e. The van der Waals surface area contributed by atoms with E-state index in [0.717, 1.165) is 22.0 Å². The third-order valence-corrected chi connectivity index (χ3v) is 3.93. The highest BCUT2D eigenvalue weighted by atomic mass is 32.1. The number of anilines is 1. The minimum absolute atomic E-state index is 0.161. The highest BCUT2D eigenvalue weighted by molar-refractivity contribution is 7.13. The zero-order valence-electron chi connectivity index (χ0n) is 11.7. The maximum Gasteiger partial charge on any atom is 0.259 e. The lowest BCUT2D eigenvalue weighted by molar-refractivity contribution is 0.102. The number of hydrogen-bond donors (Lipinski definition) is 1. The molecule has 1 N–H and O–H groups in total. The van der Waals surface area contributed by atoms with Crippen LogP contribution >= 0.6 is 11.3 Å². The molecule has 0 unspecified atom stereocenters. The summed E-state index contributed by atoms with van der Waals surface area (Å²) in [4.78, 5) is 16.4. The van der Waals surface area contributed by atoms with Crippen LogP contribution < -0.4 is 5.32 Å². The minimum Gasteiger partial charge on any atom is -0.466 e. The maximum atomic E-state index is 12.2. The van der Waals surface area contributed by atoms with Gasteiger partial charge in [0.25, 0.3) is 5.91 Å². The van der Waals surface area contributed by atoms with Gasteiger partial charge in [0.2, 0.25) is 0 Å². The van der Waals surface area contributed by atoms with Crippen LogP contribution in [0.3, 0.4) is 0 Å². The summed E-state index contributed by atoms with van der Waals surface area (Å²) in [7, 11) is 0. The van der Waals surface area contributed by atoms with Crippen molar-refractivity contribution in [3.8, 4) is 10.6 Å². The van der Waals surface area contributed by atoms with Gasteiger partial charge in [-0.25, -0.2) is 4.98 Å². The number of carbonyl (C=O) groups is 1. The molecule has 0 fully saturated rings. The van der Waals surface area contributed by atoms with Gasteiger partial charge in [-0.2, -0.15) is 0 Å². The summed E-state index contributed by atoms with van der Waals surface area (Å²) < 4.78 is 5.37. The number of aryl methyl sites for hydroxylation is 2. The molecule has 0 aliphatic heterocycles. The highest BCUT2D eigenvalue weighted by Gasteiger charge is 2.13. The number of benzene rings is 1. The number of carbonyl (C=O) groups excluding carboxylic acids is 1. The van der Waals surface area contributed by atoms with Crippen LogP contribution in [0.25, 0.3) is 10.6 Å². The van der Waals surface area contributed by atoms with E-state index in [1.54, 1.807) is 30.5 Å². The quantitative estimate of drug-likeness (QED) is 0.785. The Morgan fingerprint density at radius 2 is 2.00 bits per heavy atom. The average Bonchev–Trinajstić information content (AvgIpc) is 3.09. The fraction of sp³-hybridized carbons (Fsp3) is 0.125. The zero-order valence-corrected chi connectivity index (χ0v) is 12.5. The normalized spacial score (nSPS) is 10.6. The lowest BCUT2D eigenvalue weighted by Gasteiger charge is -2.05. The standard InChI is InChI=1S/C16H14N2O2S/c1-10-9-14(11(2)20-10)15(19)18-13-5-3-12(4-6-13)16-17-7-8-21-16/h3-9H,1-2H3,(H,18,19). The molecule has 2 aromatic heterocycles. The van der Waals surface area contributed by atoms with Crippen molar-refractivity contribution >= 4 is 22.9 Å². The number of aromatic nitrogens is 1. The summed E-state index contributed by atoms with van der Waals surface area (Å²) in [6.07, 6.45) is 1.78. The van der Waals surface area contributed by atoms with E-state index in [2.05, 4.69) is 10.3 Å². The first-order valence-electron chi connectivity index (χ1n) is 6.52. The van der Waals surface area contributed by atoms with Crippen LogP contribution in [0.4, 0.5) is 5.69 Å². The predicted molar refractivity (Wildman–Crippen MR) is 83.7 cm³/mol. The second kappa shape index (κ2) is 5.54. The van der Waals surface area contributed by atoms with Gasteiger partial charge in [0.1, 0.15) is 16.5 Å². The monoisotopic (exact) mass is 298 g/mol. The first-order valence-corrected chi connectivity index (χ1v) is 7.40. The van der Waals surface area contributed by atoms with Crippen LogP contribution in [0.15, 0.2) is 46.3 Å². The molecule has 0 saturated carbocycles. The number of nitrogens with one attached hydrogen (secondary N) is 1. The molecule has 4 nitrogen and oxygen atoms in total. The number of hydrogen-bond acceptors (Lipinski definition) is 4. The molecule has 2 heterocycles. The van der Waals surface area contributed by atoms with E-state index in [1.165, 1.54) is 0 Å². The van der Waals surface area contributed by atoms with Crippen molar-refractivity contribution in [2.24, 2.45) is 0 Å². The van der Waals surface area contributed by atoms with Gasteiger partial charge < -0.3 is 9.73 Å². The molecule has 1 aromatic carbocycles. The Morgan fingerprint density at radius 3 is 2.57 bits per heavy atom. The Bertz CT molecular complexity index is 758. The van der Waals surface area contributed by atoms with Crippen molar-refractivity contribution in [3.05, 3.63) is 59.0 Å². The first-order chi connectivity index (χ1) is 10.1. The smallest absolute Gasteiger partial charge is 0.259 e. The van der Waals surface area contributed by atoms with Gasteiger partial charge in [-0.3, -0.25) is 4.79 Å². The number of thiazole rings is 1.